The average molecular weight is 447 g/mol. The zero-order valence-corrected chi connectivity index (χ0v) is 18.8. The van der Waals surface area contributed by atoms with Crippen LogP contribution < -0.4 is 5.32 Å². The number of hydrogen-bond donors (Lipinski definition) is 1. The SMILES string of the molecule is Cc1nn(-c2ccccc2)c(C)c1CNC(=O)c1cc(S(=O)(=O)N(C)C)ccc1Cl. The van der Waals surface area contributed by atoms with Gasteiger partial charge < -0.3 is 5.32 Å². The van der Waals surface area contributed by atoms with Gasteiger partial charge in [0.1, 0.15) is 0 Å². The predicted octanol–water partition coefficient (Wildman–Crippen LogP) is 3.32. The third-order valence-corrected chi connectivity index (χ3v) is 6.97. The normalized spacial score (nSPS) is 11.7. The van der Waals surface area contributed by atoms with Gasteiger partial charge in [-0.05, 0) is 44.2 Å². The Morgan fingerprint density at radius 3 is 2.43 bits per heavy atom. The van der Waals surface area contributed by atoms with Gasteiger partial charge in [0.15, 0.2) is 0 Å². The first kappa shape index (κ1) is 22.0. The fourth-order valence-electron chi connectivity index (χ4n) is 3.06. The molecule has 1 aromatic heterocycles. The third-order valence-electron chi connectivity index (χ3n) is 4.83. The van der Waals surface area contributed by atoms with Gasteiger partial charge in [-0.2, -0.15) is 5.10 Å². The highest BCUT2D eigenvalue weighted by Gasteiger charge is 2.21. The highest BCUT2D eigenvalue weighted by Crippen LogP contribution is 2.23. The van der Waals surface area contributed by atoms with E-state index in [0.717, 1.165) is 26.9 Å². The Hall–Kier alpha value is -2.68. The monoisotopic (exact) mass is 446 g/mol. The number of halogens is 1. The van der Waals surface area contributed by atoms with E-state index in [1.54, 1.807) is 0 Å². The van der Waals surface area contributed by atoms with Gasteiger partial charge in [-0.15, -0.1) is 0 Å². The fourth-order valence-corrected chi connectivity index (χ4v) is 4.20. The number of sulfonamides is 1. The van der Waals surface area contributed by atoms with Gasteiger partial charge in [-0.25, -0.2) is 17.4 Å². The number of carbonyl (C=O) groups excluding carboxylic acids is 1. The molecule has 0 aliphatic heterocycles. The maximum Gasteiger partial charge on any atom is 0.253 e. The van der Waals surface area contributed by atoms with Crippen LogP contribution in [0.2, 0.25) is 5.02 Å². The first-order valence-corrected chi connectivity index (χ1v) is 11.1. The highest BCUT2D eigenvalue weighted by molar-refractivity contribution is 7.89. The quantitative estimate of drug-likeness (QED) is 0.629. The van der Waals surface area contributed by atoms with E-state index in [-0.39, 0.29) is 22.0 Å². The second-order valence-electron chi connectivity index (χ2n) is 7.01. The molecule has 0 bridgehead atoms. The molecule has 0 spiro atoms. The number of aryl methyl sites for hydroxylation is 1. The molecular weight excluding hydrogens is 424 g/mol. The number of nitrogens with one attached hydrogen (secondary N) is 1. The molecule has 0 unspecified atom stereocenters. The lowest BCUT2D eigenvalue weighted by atomic mass is 10.1. The van der Waals surface area contributed by atoms with Crippen LogP contribution in [0.4, 0.5) is 0 Å². The molecule has 30 heavy (non-hydrogen) atoms. The number of amides is 1. The van der Waals surface area contributed by atoms with E-state index in [0.29, 0.717) is 0 Å². The zero-order chi connectivity index (χ0) is 22.1. The van der Waals surface area contributed by atoms with Gasteiger partial charge >= 0.3 is 0 Å². The molecule has 158 valence electrons. The van der Waals surface area contributed by atoms with Crippen molar-refractivity contribution < 1.29 is 13.2 Å². The second-order valence-corrected chi connectivity index (χ2v) is 9.57. The van der Waals surface area contributed by atoms with E-state index in [2.05, 4.69) is 10.4 Å². The van der Waals surface area contributed by atoms with Crippen LogP contribution >= 0.6 is 11.6 Å². The van der Waals surface area contributed by atoms with Crippen LogP contribution in [0.5, 0.6) is 0 Å². The molecule has 2 aromatic carbocycles. The summed E-state index contributed by atoms with van der Waals surface area (Å²) >= 11 is 6.16. The van der Waals surface area contributed by atoms with Crippen molar-refractivity contribution in [1.29, 1.82) is 0 Å². The lowest BCUT2D eigenvalue weighted by molar-refractivity contribution is 0.0951. The van der Waals surface area contributed by atoms with Crippen molar-refractivity contribution in [2.45, 2.75) is 25.3 Å². The zero-order valence-electron chi connectivity index (χ0n) is 17.2. The highest BCUT2D eigenvalue weighted by atomic mass is 35.5. The maximum absolute atomic E-state index is 12.8. The summed E-state index contributed by atoms with van der Waals surface area (Å²) in [5.74, 6) is -0.456. The molecule has 1 N–H and O–H groups in total. The summed E-state index contributed by atoms with van der Waals surface area (Å²) in [6.45, 7) is 4.06. The van der Waals surface area contributed by atoms with Gasteiger partial charge in [0.25, 0.3) is 5.91 Å². The summed E-state index contributed by atoms with van der Waals surface area (Å²) in [5, 5.41) is 7.57. The van der Waals surface area contributed by atoms with E-state index in [1.807, 2.05) is 48.9 Å². The third kappa shape index (κ3) is 4.26. The molecule has 7 nitrogen and oxygen atoms in total. The number of nitrogens with zero attached hydrogens (tertiary/aromatic N) is 3. The molecule has 3 rings (SSSR count). The topological polar surface area (TPSA) is 84.3 Å². The first-order valence-electron chi connectivity index (χ1n) is 9.23. The Balaban J connectivity index is 1.84. The van der Waals surface area contributed by atoms with E-state index < -0.39 is 15.9 Å². The van der Waals surface area contributed by atoms with Crippen molar-refractivity contribution in [3.05, 3.63) is 76.1 Å². The molecule has 0 saturated heterocycles. The Morgan fingerprint density at radius 1 is 1.13 bits per heavy atom. The number of para-hydroxylation sites is 1. The lowest BCUT2D eigenvalue weighted by Crippen LogP contribution is -2.25. The number of carbonyl (C=O) groups is 1. The summed E-state index contributed by atoms with van der Waals surface area (Å²) in [6, 6.07) is 13.8. The summed E-state index contributed by atoms with van der Waals surface area (Å²) in [7, 11) is -0.816. The molecule has 9 heteroatoms. The Kier molecular flexibility index (Phi) is 6.30. The van der Waals surface area contributed by atoms with Crippen LogP contribution in [0.15, 0.2) is 53.4 Å². The van der Waals surface area contributed by atoms with Crippen LogP contribution in [0.25, 0.3) is 5.69 Å². The maximum atomic E-state index is 12.8. The Labute approximate surface area is 181 Å². The predicted molar refractivity (Wildman–Crippen MR) is 117 cm³/mol. The van der Waals surface area contributed by atoms with Crippen molar-refractivity contribution in [3.8, 4) is 5.69 Å². The molecular formula is C21H23ClN4O3S. The minimum atomic E-state index is -3.68. The van der Waals surface area contributed by atoms with Crippen LogP contribution in [0, 0.1) is 13.8 Å². The standard InChI is InChI=1S/C21H23ClN4O3S/c1-14-19(15(2)26(24-14)16-8-6-5-7-9-16)13-23-21(27)18-12-17(10-11-20(18)22)30(28,29)25(3)4/h5-12H,13H2,1-4H3,(H,23,27). The van der Waals surface area contributed by atoms with E-state index >= 15 is 0 Å². The molecule has 0 atom stereocenters. The van der Waals surface area contributed by atoms with Crippen molar-refractivity contribution in [1.82, 2.24) is 19.4 Å². The van der Waals surface area contributed by atoms with Crippen LogP contribution in [-0.2, 0) is 16.6 Å². The van der Waals surface area contributed by atoms with Gasteiger partial charge in [-0.3, -0.25) is 4.79 Å². The lowest BCUT2D eigenvalue weighted by Gasteiger charge is -2.13. The molecule has 1 heterocycles. The van der Waals surface area contributed by atoms with Crippen molar-refractivity contribution in [3.63, 3.8) is 0 Å². The van der Waals surface area contributed by atoms with Crippen LogP contribution in [0.1, 0.15) is 27.3 Å². The number of rotatable bonds is 6. The van der Waals surface area contributed by atoms with Gasteiger partial charge in [0.2, 0.25) is 10.0 Å². The van der Waals surface area contributed by atoms with Crippen LogP contribution in [-0.4, -0.2) is 42.5 Å². The average Bonchev–Trinajstić information content (AvgIpc) is 3.00. The molecule has 1 amide bonds. The minimum absolute atomic E-state index is 0.00584. The molecule has 0 fully saturated rings. The summed E-state index contributed by atoms with van der Waals surface area (Å²) in [4.78, 5) is 12.8. The summed E-state index contributed by atoms with van der Waals surface area (Å²) in [5.41, 5.74) is 3.63. The largest absolute Gasteiger partial charge is 0.348 e. The summed E-state index contributed by atoms with van der Waals surface area (Å²) < 4.78 is 27.6. The van der Waals surface area contributed by atoms with Crippen molar-refractivity contribution in [2.24, 2.45) is 0 Å². The van der Waals surface area contributed by atoms with E-state index in [4.69, 9.17) is 11.6 Å². The molecule has 0 aliphatic carbocycles. The van der Waals surface area contributed by atoms with Crippen molar-refractivity contribution >= 4 is 27.5 Å². The number of aromatic nitrogens is 2. The first-order chi connectivity index (χ1) is 14.1. The second kappa shape index (κ2) is 8.59. The van der Waals surface area contributed by atoms with Crippen molar-refractivity contribution in [2.75, 3.05) is 14.1 Å². The van der Waals surface area contributed by atoms with Gasteiger partial charge in [0, 0.05) is 31.9 Å². The Morgan fingerprint density at radius 2 is 1.80 bits per heavy atom. The molecule has 0 aliphatic rings. The molecule has 0 radical (unpaired) electrons. The van der Waals surface area contributed by atoms with Gasteiger partial charge in [-0.1, -0.05) is 29.8 Å². The Bertz CT molecular complexity index is 1190. The van der Waals surface area contributed by atoms with E-state index in [1.165, 1.54) is 32.3 Å². The van der Waals surface area contributed by atoms with E-state index in [9.17, 15) is 13.2 Å². The van der Waals surface area contributed by atoms with Gasteiger partial charge in [0.05, 0.1) is 26.9 Å². The fraction of sp³-hybridized carbons (Fsp3) is 0.238. The molecule has 0 saturated carbocycles. The summed E-state index contributed by atoms with van der Waals surface area (Å²) in [6.07, 6.45) is 0. The van der Waals surface area contributed by atoms with Crippen LogP contribution in [0.3, 0.4) is 0 Å². The smallest absolute Gasteiger partial charge is 0.253 e. The minimum Gasteiger partial charge on any atom is -0.348 e. The number of hydrogen-bond acceptors (Lipinski definition) is 4. The molecule has 3 aromatic rings. The number of benzene rings is 2.